The van der Waals surface area contributed by atoms with Gasteiger partial charge in [0.1, 0.15) is 23.9 Å². The van der Waals surface area contributed by atoms with Gasteiger partial charge in [0.15, 0.2) is 5.69 Å². The van der Waals surface area contributed by atoms with Crippen LogP contribution >= 0.6 is 23.2 Å². The van der Waals surface area contributed by atoms with E-state index in [1.807, 2.05) is 0 Å². The molecule has 3 aromatic rings. The van der Waals surface area contributed by atoms with Gasteiger partial charge in [0.05, 0.1) is 10.6 Å². The number of carbonyl (C=O) groups is 1. The lowest BCUT2D eigenvalue weighted by Gasteiger charge is -2.08. The van der Waals surface area contributed by atoms with Crippen molar-refractivity contribution in [2.24, 2.45) is 0 Å². The van der Waals surface area contributed by atoms with Gasteiger partial charge in [-0.15, -0.1) is 0 Å². The van der Waals surface area contributed by atoms with E-state index >= 15 is 0 Å². The van der Waals surface area contributed by atoms with Crippen LogP contribution in [-0.2, 0) is 6.61 Å². The Hall–Kier alpha value is -2.57. The molecule has 0 aliphatic carbocycles. The summed E-state index contributed by atoms with van der Waals surface area (Å²) in [5, 5.41) is 6.82. The molecule has 134 valence electrons. The maximum atomic E-state index is 13.2. The second kappa shape index (κ2) is 7.76. The molecule has 0 unspecified atom stereocenters. The van der Waals surface area contributed by atoms with Gasteiger partial charge in [-0.25, -0.2) is 4.39 Å². The lowest BCUT2D eigenvalue weighted by Crippen LogP contribution is -2.15. The maximum absolute atomic E-state index is 13.2. The number of hydrogen-bond acceptors (Lipinski definition) is 4. The monoisotopic (exact) mass is 394 g/mol. The summed E-state index contributed by atoms with van der Waals surface area (Å²) in [4.78, 5) is 12.5. The summed E-state index contributed by atoms with van der Waals surface area (Å²) in [6.45, 7) is 1.75. The third-order valence-corrected chi connectivity index (χ3v) is 4.08. The number of nitrogens with zero attached hydrogens (tertiary/aromatic N) is 1. The molecular weight excluding hydrogens is 382 g/mol. The van der Waals surface area contributed by atoms with Crippen LogP contribution in [0.4, 0.5) is 10.1 Å². The predicted molar refractivity (Wildman–Crippen MR) is 96.4 cm³/mol. The number of nitrogens with one attached hydrogen (secondary N) is 1. The molecule has 1 heterocycles. The van der Waals surface area contributed by atoms with Crippen molar-refractivity contribution in [3.05, 3.63) is 75.3 Å². The molecule has 0 aliphatic heterocycles. The number of aryl methyl sites for hydroxylation is 1. The summed E-state index contributed by atoms with van der Waals surface area (Å²) < 4.78 is 24.0. The first-order chi connectivity index (χ1) is 12.4. The number of rotatable bonds is 5. The Morgan fingerprint density at radius 3 is 2.81 bits per heavy atom. The minimum Gasteiger partial charge on any atom is -0.489 e. The zero-order chi connectivity index (χ0) is 18.7. The normalized spacial score (nSPS) is 10.6. The van der Waals surface area contributed by atoms with E-state index in [1.165, 1.54) is 12.1 Å². The van der Waals surface area contributed by atoms with Gasteiger partial charge < -0.3 is 14.6 Å². The van der Waals surface area contributed by atoms with Crippen molar-refractivity contribution in [1.82, 2.24) is 5.16 Å². The molecule has 0 saturated heterocycles. The third-order valence-electron chi connectivity index (χ3n) is 3.56. The lowest BCUT2D eigenvalue weighted by molar-refractivity contribution is 0.101. The Morgan fingerprint density at radius 1 is 1.27 bits per heavy atom. The number of carbonyl (C=O) groups excluding carboxylic acids is 1. The van der Waals surface area contributed by atoms with Crippen LogP contribution in [0.15, 0.2) is 47.0 Å². The van der Waals surface area contributed by atoms with E-state index in [0.717, 1.165) is 6.07 Å². The van der Waals surface area contributed by atoms with Crippen molar-refractivity contribution in [3.8, 4) is 5.75 Å². The number of anilines is 1. The number of hydrogen-bond donors (Lipinski definition) is 1. The fraction of sp³-hybridized carbons (Fsp3) is 0.111. The van der Waals surface area contributed by atoms with Crippen molar-refractivity contribution < 1.29 is 18.4 Å². The number of benzene rings is 2. The third kappa shape index (κ3) is 4.15. The molecule has 0 radical (unpaired) electrons. The molecule has 0 fully saturated rings. The molecule has 3 rings (SSSR count). The van der Waals surface area contributed by atoms with Crippen LogP contribution in [-0.4, -0.2) is 11.1 Å². The average Bonchev–Trinajstić information content (AvgIpc) is 2.97. The first-order valence-corrected chi connectivity index (χ1v) is 8.29. The quantitative estimate of drug-likeness (QED) is 0.640. The zero-order valence-corrected chi connectivity index (χ0v) is 15.1. The average molecular weight is 395 g/mol. The number of amides is 1. The highest BCUT2D eigenvalue weighted by Crippen LogP contribution is 2.23. The summed E-state index contributed by atoms with van der Waals surface area (Å²) >= 11 is 11.6. The number of aromatic nitrogens is 1. The molecule has 0 bridgehead atoms. The van der Waals surface area contributed by atoms with Crippen molar-refractivity contribution >= 4 is 34.8 Å². The lowest BCUT2D eigenvalue weighted by atomic mass is 10.2. The van der Waals surface area contributed by atoms with Gasteiger partial charge in [0, 0.05) is 10.7 Å². The highest BCUT2D eigenvalue weighted by atomic mass is 35.5. The highest BCUT2D eigenvalue weighted by molar-refractivity contribution is 6.31. The molecule has 8 heteroatoms. The van der Waals surface area contributed by atoms with Gasteiger partial charge in [0.2, 0.25) is 0 Å². The van der Waals surface area contributed by atoms with E-state index in [0.29, 0.717) is 27.8 Å². The van der Waals surface area contributed by atoms with Gasteiger partial charge in [-0.2, -0.15) is 0 Å². The van der Waals surface area contributed by atoms with E-state index in [-0.39, 0.29) is 17.3 Å². The minimum atomic E-state index is -0.572. The Balaban J connectivity index is 1.76. The van der Waals surface area contributed by atoms with Crippen molar-refractivity contribution in [2.75, 3.05) is 5.32 Å². The standard InChI is InChI=1S/C18H13Cl2FN2O3/c1-10-14(9-25-13-4-2-3-11(19)7-13)17(23-26-10)18(24)22-12-5-6-16(21)15(20)8-12/h2-8H,9H2,1H3,(H,22,24). The van der Waals surface area contributed by atoms with Gasteiger partial charge in [0.25, 0.3) is 5.91 Å². The zero-order valence-electron chi connectivity index (χ0n) is 13.6. The maximum Gasteiger partial charge on any atom is 0.278 e. The van der Waals surface area contributed by atoms with Crippen LogP contribution in [0.2, 0.25) is 10.0 Å². The summed E-state index contributed by atoms with van der Waals surface area (Å²) in [6.07, 6.45) is 0. The summed E-state index contributed by atoms with van der Waals surface area (Å²) in [7, 11) is 0. The van der Waals surface area contributed by atoms with Gasteiger partial charge >= 0.3 is 0 Å². The van der Waals surface area contributed by atoms with Crippen LogP contribution in [0.1, 0.15) is 21.8 Å². The van der Waals surface area contributed by atoms with Gasteiger partial charge in [-0.3, -0.25) is 4.79 Å². The fourth-order valence-electron chi connectivity index (χ4n) is 2.22. The van der Waals surface area contributed by atoms with E-state index < -0.39 is 11.7 Å². The summed E-state index contributed by atoms with van der Waals surface area (Å²) in [6, 6.07) is 10.8. The molecule has 1 aromatic heterocycles. The van der Waals surface area contributed by atoms with Crippen molar-refractivity contribution in [1.29, 1.82) is 0 Å². The summed E-state index contributed by atoms with van der Waals surface area (Å²) in [5.74, 6) is -0.0872. The second-order valence-corrected chi connectivity index (χ2v) is 6.24. The molecule has 0 aliphatic rings. The van der Waals surface area contributed by atoms with Gasteiger partial charge in [-0.05, 0) is 43.3 Å². The molecule has 0 spiro atoms. The van der Waals surface area contributed by atoms with E-state index in [1.54, 1.807) is 31.2 Å². The Morgan fingerprint density at radius 2 is 2.08 bits per heavy atom. The molecule has 1 amide bonds. The largest absolute Gasteiger partial charge is 0.489 e. The molecule has 26 heavy (non-hydrogen) atoms. The van der Waals surface area contributed by atoms with Crippen LogP contribution < -0.4 is 10.1 Å². The van der Waals surface area contributed by atoms with E-state index in [2.05, 4.69) is 10.5 Å². The van der Waals surface area contributed by atoms with Crippen LogP contribution in [0.3, 0.4) is 0 Å². The van der Waals surface area contributed by atoms with Crippen molar-refractivity contribution in [3.63, 3.8) is 0 Å². The first-order valence-electron chi connectivity index (χ1n) is 7.54. The van der Waals surface area contributed by atoms with Gasteiger partial charge in [-0.1, -0.05) is 34.4 Å². The minimum absolute atomic E-state index is 0.0720. The number of ether oxygens (including phenoxy) is 1. The number of halogens is 3. The van der Waals surface area contributed by atoms with Crippen LogP contribution in [0.5, 0.6) is 5.75 Å². The molecular formula is C18H13Cl2FN2O3. The SMILES string of the molecule is Cc1onc(C(=O)Nc2ccc(F)c(Cl)c2)c1COc1cccc(Cl)c1. The summed E-state index contributed by atoms with van der Waals surface area (Å²) in [5.41, 5.74) is 0.907. The fourth-order valence-corrected chi connectivity index (χ4v) is 2.58. The molecule has 2 aromatic carbocycles. The smallest absolute Gasteiger partial charge is 0.278 e. The van der Waals surface area contributed by atoms with Crippen LogP contribution in [0, 0.1) is 12.7 Å². The van der Waals surface area contributed by atoms with E-state index in [4.69, 9.17) is 32.5 Å². The Kier molecular flexibility index (Phi) is 5.44. The molecule has 5 nitrogen and oxygen atoms in total. The highest BCUT2D eigenvalue weighted by Gasteiger charge is 2.21. The topological polar surface area (TPSA) is 64.4 Å². The Labute approximate surface area is 158 Å². The van der Waals surface area contributed by atoms with E-state index in [9.17, 15) is 9.18 Å². The predicted octanol–water partition coefficient (Wildman–Crippen LogP) is 5.26. The van der Waals surface area contributed by atoms with Crippen LogP contribution in [0.25, 0.3) is 0 Å². The molecule has 0 atom stereocenters. The first kappa shape index (κ1) is 18.2. The molecule has 0 saturated carbocycles. The Bertz CT molecular complexity index is 959. The molecule has 1 N–H and O–H groups in total. The van der Waals surface area contributed by atoms with Crippen molar-refractivity contribution in [2.45, 2.75) is 13.5 Å². The second-order valence-electron chi connectivity index (χ2n) is 5.39.